The molecule has 17 aromatic rings. The third-order valence-electron chi connectivity index (χ3n) is 15.8. The Morgan fingerprint density at radius 1 is 0.418 bits per heavy atom. The fourth-order valence-corrected chi connectivity index (χ4v) is 15.2. The largest absolute Gasteiger partial charge is 0.510 e. The molecule has 0 radical (unpaired) electrons. The van der Waals surface area contributed by atoms with Gasteiger partial charge in [0.15, 0.2) is 8.07 Å². The molecule has 3 aromatic heterocycles. The molecule has 0 spiro atoms. The number of fused-ring (bicyclic) bond motifs is 4. The maximum Gasteiger partial charge on any atom is 0.268 e. The Morgan fingerprint density at radius 2 is 0.949 bits per heavy atom. The van der Waals surface area contributed by atoms with Crippen molar-refractivity contribution < 1.29 is 92.1 Å². The van der Waals surface area contributed by atoms with Gasteiger partial charge in [0.2, 0.25) is 0 Å². The van der Waals surface area contributed by atoms with E-state index in [0.29, 0.717) is 16.3 Å². The van der Waals surface area contributed by atoms with E-state index in [-0.39, 0.29) is 66.2 Å². The minimum Gasteiger partial charge on any atom is -0.510 e. The molecule has 0 saturated heterocycles. The standard InChI is InChI=1S/C91H62N4OSi.Pt/c1-64-54-90(92-62-85(64)68-34-15-5-16-35-68)95-86-49-24-23-46-83(86)84-52-51-76(61-88(84)95)96-75-38-26-37-74(60-75)93-63-94(91-81(67-32-13-4-14-33-67)47-27-48-82(91)73-56-71(65-28-9-2-10-29-65)55-72(57-73)66-30-11-3-12-31-66)87-53-50-70(59-89(87)93)69-36-25-45-80(58-69)97(77-39-17-6-18-40-77,78-41-19-7-20-42-78)79-43-21-8-22-44-79;/h2-59,62H,1H3;/q-2;/i1D3,2D,3D,4D,5D,6D,7D,8D,9D,10D,11D,12D,13D,14D,15D,16D,17D,18D,19D,20D,21D,22D,25D,28D,29D,30D,31D,32D,33D,34D,35D,36D,39D,40D,41D,42D,43D,44D,45D,55D,56D,57D,58D;. The molecule has 0 aliphatic heterocycles. The number of hydrogen-bond donors (Lipinski definition) is 0. The van der Waals surface area contributed by atoms with Crippen molar-refractivity contribution in [3.8, 4) is 95.5 Å². The molecular weight excluding hydrogens is 1390 g/mol. The van der Waals surface area contributed by atoms with E-state index in [0.717, 1.165) is 27.5 Å². The number of pyridine rings is 1. The van der Waals surface area contributed by atoms with Gasteiger partial charge in [0.25, 0.3) is 6.33 Å². The van der Waals surface area contributed by atoms with E-state index in [1.54, 1.807) is 30.3 Å². The molecule has 0 bridgehead atoms. The number of para-hydroxylation sites is 2. The van der Waals surface area contributed by atoms with Crippen molar-refractivity contribution in [2.24, 2.45) is 0 Å². The summed E-state index contributed by atoms with van der Waals surface area (Å²) in [4.78, 5) is 4.66. The number of aromatic nitrogens is 4. The molecule has 3 heterocycles. The summed E-state index contributed by atoms with van der Waals surface area (Å²) < 4.78 is 429. The first-order valence-electron chi connectivity index (χ1n) is 51.7. The predicted octanol–water partition coefficient (Wildman–Crippen LogP) is 19.3. The van der Waals surface area contributed by atoms with Crippen molar-refractivity contribution in [2.45, 2.75) is 6.85 Å². The van der Waals surface area contributed by atoms with Crippen molar-refractivity contribution in [1.29, 1.82) is 0 Å². The Morgan fingerprint density at radius 3 is 1.57 bits per heavy atom. The molecule has 0 N–H and O–H groups in total. The summed E-state index contributed by atoms with van der Waals surface area (Å²) in [6.07, 6.45) is 4.26. The van der Waals surface area contributed by atoms with Gasteiger partial charge in [-0.25, -0.2) is 4.98 Å². The normalized spacial score (nSPS) is 18.0. The molecule has 17 rings (SSSR count). The van der Waals surface area contributed by atoms with Crippen LogP contribution in [0.15, 0.2) is 357 Å². The van der Waals surface area contributed by atoms with Crippen LogP contribution in [0.2, 0.25) is 0 Å². The van der Waals surface area contributed by atoms with Gasteiger partial charge in [-0.05, 0) is 142 Å². The minimum atomic E-state index is -6.57. The van der Waals surface area contributed by atoms with Gasteiger partial charge in [-0.2, -0.15) is 18.2 Å². The van der Waals surface area contributed by atoms with E-state index in [2.05, 4.69) is 23.4 Å². The molecule has 5 nitrogen and oxygen atoms in total. The first-order chi connectivity index (χ1) is 66.7. The van der Waals surface area contributed by atoms with E-state index >= 15 is 0 Å². The van der Waals surface area contributed by atoms with Gasteiger partial charge in [-0.15, -0.1) is 29.7 Å². The first-order valence-corrected chi connectivity index (χ1v) is 31.2. The second kappa shape index (κ2) is 26.4. The van der Waals surface area contributed by atoms with E-state index < -0.39 is 362 Å². The van der Waals surface area contributed by atoms with Crippen molar-refractivity contribution >= 4 is 61.7 Å². The topological polar surface area (TPSA) is 35.9 Å². The van der Waals surface area contributed by atoms with Gasteiger partial charge in [-0.3, -0.25) is 4.57 Å². The summed E-state index contributed by atoms with van der Waals surface area (Å²) in [6.45, 7) is -3.04. The monoisotopic (exact) mass is 1490 g/mol. The second-order valence-corrected chi connectivity index (χ2v) is 24.7. The SMILES string of the molecule is [2H]c1c([2H])c([2H])c(-c2cnc(-n3c4[c-]c(Oc5[c-]c(-n6[c-][n+](-c7c(-c8c([2H])c([2H])c([2H])c([2H])c8[2H])cccc7-c7c([2H])c(-c8c([2H])c([2H])c([2H])c([2H])c8[2H])c([2H])c(-c8c([2H])c([2H])c([2H])c([2H])c8[2H])c7[2H])c7ccc(-c8c([2H])c([2H])c([2H])c([Si](c9c([2H])c([2H])c([2H])c([2H])c9[2H])(c9c([2H])c([2H])c([2H])c([2H])c9[2H])c9c([2H])c([2H])c([2H])c([2H])c9[2H])c8[2H])cc76)ccc5)ccc4c4ccccc43)cc2C([2H])([2H])[2H])c([2H])c1[2H].[Pt]. The van der Waals surface area contributed by atoms with Crippen LogP contribution >= 0.6 is 0 Å². The zero-order chi connectivity index (χ0) is 104. The van der Waals surface area contributed by atoms with Crippen LogP contribution in [-0.2, 0) is 21.1 Å². The number of nitrogens with zero attached hydrogens (tertiary/aromatic N) is 4. The zero-order valence-corrected chi connectivity index (χ0v) is 53.1. The average Bonchev–Trinajstić information content (AvgIpc) is 1.23. The van der Waals surface area contributed by atoms with Crippen molar-refractivity contribution in [3.63, 3.8) is 0 Å². The Bertz CT molecular complexity index is 8080. The van der Waals surface area contributed by atoms with E-state index in [9.17, 15) is 34.3 Å². The summed E-state index contributed by atoms with van der Waals surface area (Å²) in [5.74, 6) is -0.445. The molecular formula is C91H62N4OPtSi-2. The Kier molecular flexibility index (Phi) is 7.89. The molecule has 0 unspecified atom stereocenters. The van der Waals surface area contributed by atoms with Crippen LogP contribution < -0.4 is 30.1 Å². The summed E-state index contributed by atoms with van der Waals surface area (Å²) in [7, 11) is -6.57. The molecule has 0 saturated carbocycles. The summed E-state index contributed by atoms with van der Waals surface area (Å²) >= 11 is 0. The van der Waals surface area contributed by atoms with E-state index in [4.69, 9.17) is 32.2 Å². The third-order valence-corrected chi connectivity index (χ3v) is 19.8. The average molecular weight is 1500 g/mol. The third kappa shape index (κ3) is 11.2. The Hall–Kier alpha value is -11.8. The number of benzene rings is 14. The quantitative estimate of drug-likeness (QED) is 0.0444. The Labute approximate surface area is 649 Å². The van der Waals surface area contributed by atoms with Crippen LogP contribution in [0.1, 0.15) is 67.2 Å². The number of hydrogen-bond acceptors (Lipinski definition) is 2. The van der Waals surface area contributed by atoms with Gasteiger partial charge in [-0.1, -0.05) is 290 Å². The van der Waals surface area contributed by atoms with Gasteiger partial charge in [0.1, 0.15) is 5.82 Å². The van der Waals surface area contributed by atoms with Gasteiger partial charge >= 0.3 is 0 Å². The van der Waals surface area contributed by atoms with Crippen LogP contribution in [-0.4, -0.2) is 22.2 Å². The molecule has 98 heavy (non-hydrogen) atoms. The summed E-state index contributed by atoms with van der Waals surface area (Å²) in [5, 5.41) is -3.70. The number of aryl methyl sites for hydroxylation is 1. The fraction of sp³-hybridized carbons (Fsp3) is 0.0110. The van der Waals surface area contributed by atoms with Crippen molar-refractivity contribution in [1.82, 2.24) is 14.1 Å². The molecule has 0 amide bonds. The first kappa shape index (κ1) is 29.3. The van der Waals surface area contributed by atoms with Crippen LogP contribution in [0.3, 0.4) is 0 Å². The Balaban J connectivity index is 0.0000147. The molecule has 468 valence electrons. The number of ether oxygens (including phenoxy) is 1. The molecule has 14 aromatic carbocycles. The van der Waals surface area contributed by atoms with Crippen molar-refractivity contribution in [2.75, 3.05) is 0 Å². The van der Waals surface area contributed by atoms with E-state index in [1.165, 1.54) is 59.2 Å². The minimum absolute atomic E-state index is 0. The predicted molar refractivity (Wildman–Crippen MR) is 401 cm³/mol. The molecule has 0 aliphatic rings. The van der Waals surface area contributed by atoms with Crippen LogP contribution in [0, 0.1) is 25.3 Å². The zero-order valence-electron chi connectivity index (χ0n) is 94.8. The molecule has 7 heteroatoms. The van der Waals surface area contributed by atoms with E-state index in [1.807, 2.05) is 0 Å². The molecule has 0 atom stereocenters. The molecule has 0 fully saturated rings. The van der Waals surface area contributed by atoms with Crippen LogP contribution in [0.4, 0.5) is 0 Å². The smallest absolute Gasteiger partial charge is 0.268 e. The second-order valence-electron chi connectivity index (χ2n) is 21.2. The summed E-state index contributed by atoms with van der Waals surface area (Å²) in [5.41, 5.74) is -9.54. The van der Waals surface area contributed by atoms with Gasteiger partial charge in [0, 0.05) is 54.0 Å². The van der Waals surface area contributed by atoms with Crippen LogP contribution in [0.25, 0.3) is 117 Å². The number of imidazole rings is 1. The van der Waals surface area contributed by atoms with Crippen molar-refractivity contribution in [3.05, 3.63) is 381 Å². The maximum absolute atomic E-state index is 10.9. The van der Waals surface area contributed by atoms with Crippen LogP contribution in [0.5, 0.6) is 11.5 Å². The fourth-order valence-electron chi connectivity index (χ4n) is 11.6. The number of rotatable bonds is 15. The maximum atomic E-state index is 10.9. The van der Waals surface area contributed by atoms with Gasteiger partial charge in [0.05, 0.1) is 74.3 Å². The summed E-state index contributed by atoms with van der Waals surface area (Å²) in [6, 6.07) is -17.2. The molecule has 0 aliphatic carbocycles. The van der Waals surface area contributed by atoms with Gasteiger partial charge < -0.3 is 13.9 Å².